The minimum Gasteiger partial charge on any atom is -0.389 e. The lowest BCUT2D eigenvalue weighted by atomic mass is 10.0. The first-order valence-corrected chi connectivity index (χ1v) is 10.8. The van der Waals surface area contributed by atoms with Crippen molar-refractivity contribution in [3.63, 3.8) is 0 Å². The van der Waals surface area contributed by atoms with Crippen molar-refractivity contribution in [2.45, 2.75) is 19.5 Å². The Kier molecular flexibility index (Phi) is 4.68. The number of rotatable bonds is 4. The maximum atomic E-state index is 13.7. The Bertz CT molecular complexity index is 1630. The lowest BCUT2D eigenvalue weighted by molar-refractivity contribution is 0.140. The number of alkyl halides is 2. The standard InChI is InChI=1S/C23H17F2N9O/c1-12-18(19-14-3-4-17(33-8-2-6-28-33)30-16(14)5-7-27-19)23(32-10-13(35)11-32)34-22(29-12)15(9-26)20(31-34)21(24)25/h2-8,13,21,35H,10-11H2,1H3. The number of hydrogen-bond acceptors (Lipinski definition) is 8. The van der Waals surface area contributed by atoms with Gasteiger partial charge in [-0.3, -0.25) is 4.98 Å². The van der Waals surface area contributed by atoms with Crippen LogP contribution in [-0.4, -0.2) is 58.6 Å². The van der Waals surface area contributed by atoms with Gasteiger partial charge in [0.2, 0.25) is 0 Å². The van der Waals surface area contributed by atoms with Crippen LogP contribution in [0.15, 0.2) is 42.9 Å². The first-order valence-electron chi connectivity index (χ1n) is 10.8. The molecule has 174 valence electrons. The van der Waals surface area contributed by atoms with Gasteiger partial charge < -0.3 is 10.0 Å². The van der Waals surface area contributed by atoms with Gasteiger partial charge in [-0.2, -0.15) is 20.0 Å². The highest BCUT2D eigenvalue weighted by Crippen LogP contribution is 2.39. The molecule has 1 N–H and O–H groups in total. The molecule has 6 rings (SSSR count). The maximum absolute atomic E-state index is 13.7. The predicted molar refractivity (Wildman–Crippen MR) is 121 cm³/mol. The molecule has 0 atom stereocenters. The lowest BCUT2D eigenvalue weighted by Crippen LogP contribution is -2.52. The van der Waals surface area contributed by atoms with Gasteiger partial charge in [-0.1, -0.05) is 0 Å². The Balaban J connectivity index is 1.64. The summed E-state index contributed by atoms with van der Waals surface area (Å²) in [5, 5.41) is 28.5. The Labute approximate surface area is 196 Å². The second-order valence-corrected chi connectivity index (χ2v) is 8.21. The van der Waals surface area contributed by atoms with Gasteiger partial charge in [0, 0.05) is 37.1 Å². The molecule has 12 heteroatoms. The molecule has 10 nitrogen and oxygen atoms in total. The predicted octanol–water partition coefficient (Wildman–Crippen LogP) is 2.82. The second-order valence-electron chi connectivity index (χ2n) is 8.21. The third kappa shape index (κ3) is 3.20. The van der Waals surface area contributed by atoms with Gasteiger partial charge in [-0.05, 0) is 31.2 Å². The van der Waals surface area contributed by atoms with Gasteiger partial charge >= 0.3 is 0 Å². The Morgan fingerprint density at radius 3 is 2.69 bits per heavy atom. The molecule has 5 aromatic rings. The van der Waals surface area contributed by atoms with Crippen LogP contribution < -0.4 is 4.90 Å². The smallest absolute Gasteiger partial charge is 0.283 e. The number of anilines is 1. The van der Waals surface area contributed by atoms with Gasteiger partial charge in [0.05, 0.1) is 28.6 Å². The van der Waals surface area contributed by atoms with Crippen LogP contribution in [0.1, 0.15) is 23.4 Å². The summed E-state index contributed by atoms with van der Waals surface area (Å²) in [6.07, 6.45) is 1.56. The summed E-state index contributed by atoms with van der Waals surface area (Å²) in [7, 11) is 0. The van der Waals surface area contributed by atoms with E-state index in [1.165, 1.54) is 4.52 Å². The third-order valence-electron chi connectivity index (χ3n) is 6.01. The van der Waals surface area contributed by atoms with E-state index in [0.29, 0.717) is 34.1 Å². The topological polar surface area (TPSA) is 121 Å². The summed E-state index contributed by atoms with van der Waals surface area (Å²) in [5.41, 5.74) is 1.39. The highest BCUT2D eigenvalue weighted by molar-refractivity contribution is 5.97. The normalized spacial score (nSPS) is 14.1. The summed E-state index contributed by atoms with van der Waals surface area (Å²) in [6.45, 7) is 2.30. The van der Waals surface area contributed by atoms with Gasteiger partial charge in [0.15, 0.2) is 11.5 Å². The molecule has 0 unspecified atom stereocenters. The van der Waals surface area contributed by atoms with Crippen molar-refractivity contribution in [3.8, 4) is 23.1 Å². The minimum atomic E-state index is -2.94. The second kappa shape index (κ2) is 7.78. The zero-order valence-corrected chi connectivity index (χ0v) is 18.3. The van der Waals surface area contributed by atoms with Gasteiger partial charge in [0.25, 0.3) is 6.43 Å². The van der Waals surface area contributed by atoms with E-state index in [-0.39, 0.29) is 24.3 Å². The molecule has 35 heavy (non-hydrogen) atoms. The molecule has 0 bridgehead atoms. The molecule has 0 aliphatic carbocycles. The van der Waals surface area contributed by atoms with E-state index in [1.54, 1.807) is 42.3 Å². The Morgan fingerprint density at radius 1 is 1.17 bits per heavy atom. The van der Waals surface area contributed by atoms with Crippen molar-refractivity contribution in [2.75, 3.05) is 18.0 Å². The Hall–Kier alpha value is -4.50. The number of aliphatic hydroxyl groups is 1. The van der Waals surface area contributed by atoms with Crippen LogP contribution in [0.3, 0.4) is 0 Å². The van der Waals surface area contributed by atoms with E-state index in [0.717, 1.165) is 5.39 Å². The number of nitrogens with zero attached hydrogens (tertiary/aromatic N) is 9. The highest BCUT2D eigenvalue weighted by atomic mass is 19.3. The van der Waals surface area contributed by atoms with Crippen molar-refractivity contribution < 1.29 is 13.9 Å². The number of aryl methyl sites for hydroxylation is 1. The molecule has 0 amide bonds. The summed E-state index contributed by atoms with van der Waals surface area (Å²) < 4.78 is 30.3. The van der Waals surface area contributed by atoms with Crippen molar-refractivity contribution >= 4 is 22.4 Å². The fourth-order valence-corrected chi connectivity index (χ4v) is 4.39. The number of hydrogen-bond donors (Lipinski definition) is 1. The fraction of sp³-hybridized carbons (Fsp3) is 0.217. The fourth-order valence-electron chi connectivity index (χ4n) is 4.39. The van der Waals surface area contributed by atoms with Crippen LogP contribution in [-0.2, 0) is 0 Å². The molecule has 0 radical (unpaired) electrons. The number of aliphatic hydroxyl groups excluding tert-OH is 1. The molecule has 5 aromatic heterocycles. The zero-order valence-electron chi connectivity index (χ0n) is 18.3. The SMILES string of the molecule is Cc1nc2c(C#N)c(C(F)F)nn2c(N2CC(O)C2)c1-c1nccc2nc(-n3cccn3)ccc12. The van der Waals surface area contributed by atoms with Gasteiger partial charge in [0.1, 0.15) is 23.1 Å². The van der Waals surface area contributed by atoms with Crippen molar-refractivity contribution in [1.29, 1.82) is 5.26 Å². The third-order valence-corrected chi connectivity index (χ3v) is 6.01. The largest absolute Gasteiger partial charge is 0.389 e. The summed E-state index contributed by atoms with van der Waals surface area (Å²) in [4.78, 5) is 15.6. The van der Waals surface area contributed by atoms with Crippen molar-refractivity contribution in [2.24, 2.45) is 0 Å². The molecule has 1 aliphatic rings. The summed E-state index contributed by atoms with van der Waals surface area (Å²) in [5.74, 6) is 1.07. The number of aromatic nitrogens is 7. The van der Waals surface area contributed by atoms with Crippen molar-refractivity contribution in [3.05, 3.63) is 59.8 Å². The number of β-amino-alcohol motifs (C(OH)–C–C–N with tert-alkyl or cyclic N) is 1. The van der Waals surface area contributed by atoms with Crippen LogP contribution in [0.2, 0.25) is 0 Å². The first kappa shape index (κ1) is 21.1. The van der Waals surface area contributed by atoms with E-state index >= 15 is 0 Å². The molecule has 6 heterocycles. The van der Waals surface area contributed by atoms with E-state index in [4.69, 9.17) is 4.98 Å². The van der Waals surface area contributed by atoms with Crippen LogP contribution in [0.5, 0.6) is 0 Å². The molecular weight excluding hydrogens is 456 g/mol. The number of pyridine rings is 2. The zero-order chi connectivity index (χ0) is 24.3. The van der Waals surface area contributed by atoms with E-state index < -0.39 is 18.2 Å². The molecule has 0 saturated carbocycles. The minimum absolute atomic E-state index is 0.0415. The van der Waals surface area contributed by atoms with E-state index in [2.05, 4.69) is 20.2 Å². The monoisotopic (exact) mass is 473 g/mol. The van der Waals surface area contributed by atoms with Crippen molar-refractivity contribution in [1.82, 2.24) is 34.3 Å². The highest BCUT2D eigenvalue weighted by Gasteiger charge is 2.34. The molecular formula is C23H17F2N9O. The number of halogens is 2. The average Bonchev–Trinajstić information content (AvgIpc) is 3.49. The quantitative estimate of drug-likeness (QED) is 0.423. The van der Waals surface area contributed by atoms with E-state index in [9.17, 15) is 19.1 Å². The van der Waals surface area contributed by atoms with Crippen LogP contribution >= 0.6 is 0 Å². The Morgan fingerprint density at radius 2 is 2.00 bits per heavy atom. The summed E-state index contributed by atoms with van der Waals surface area (Å²) in [6, 6.07) is 9.07. The molecule has 1 saturated heterocycles. The van der Waals surface area contributed by atoms with E-state index in [1.807, 2.05) is 23.1 Å². The summed E-state index contributed by atoms with van der Waals surface area (Å²) >= 11 is 0. The molecule has 1 fully saturated rings. The molecule has 0 aromatic carbocycles. The van der Waals surface area contributed by atoms with Gasteiger partial charge in [-0.15, -0.1) is 0 Å². The molecule has 1 aliphatic heterocycles. The van der Waals surface area contributed by atoms with Gasteiger partial charge in [-0.25, -0.2) is 23.4 Å². The lowest BCUT2D eigenvalue weighted by Gasteiger charge is -2.38. The van der Waals surface area contributed by atoms with Crippen LogP contribution in [0.4, 0.5) is 14.6 Å². The first-order chi connectivity index (χ1) is 17.0. The average molecular weight is 473 g/mol. The number of nitriles is 1. The maximum Gasteiger partial charge on any atom is 0.283 e. The number of fused-ring (bicyclic) bond motifs is 2. The van der Waals surface area contributed by atoms with Crippen LogP contribution in [0.25, 0.3) is 33.6 Å². The molecule has 0 spiro atoms. The van der Waals surface area contributed by atoms with Crippen LogP contribution in [0, 0.1) is 18.3 Å².